The van der Waals surface area contributed by atoms with Gasteiger partial charge in [0.1, 0.15) is 0 Å². The Morgan fingerprint density at radius 1 is 1.14 bits per heavy atom. The second kappa shape index (κ2) is 5.77. The smallest absolute Gasteiger partial charge is 0.192 e. The number of aromatic nitrogens is 1. The average molecular weight is 312 g/mol. The van der Waals surface area contributed by atoms with Crippen LogP contribution >= 0.6 is 0 Å². The summed E-state index contributed by atoms with van der Waals surface area (Å²) in [6.07, 6.45) is 2.46. The van der Waals surface area contributed by atoms with E-state index < -0.39 is 21.5 Å². The van der Waals surface area contributed by atoms with Crippen LogP contribution < -0.4 is 5.32 Å². The van der Waals surface area contributed by atoms with Gasteiger partial charge in [0.25, 0.3) is 0 Å². The molecule has 1 unspecified atom stereocenters. The van der Waals surface area contributed by atoms with Crippen molar-refractivity contribution < 1.29 is 17.2 Å². The highest BCUT2D eigenvalue weighted by molar-refractivity contribution is 7.90. The van der Waals surface area contributed by atoms with Gasteiger partial charge in [-0.25, -0.2) is 22.2 Å². The third kappa shape index (κ3) is 3.75. The second-order valence-electron chi connectivity index (χ2n) is 4.70. The number of hydrogen-bond donors (Lipinski definition) is 1. The van der Waals surface area contributed by atoms with Crippen LogP contribution in [0.4, 0.5) is 14.5 Å². The molecule has 1 atom stereocenters. The van der Waals surface area contributed by atoms with Gasteiger partial charge in [-0.3, -0.25) is 0 Å². The summed E-state index contributed by atoms with van der Waals surface area (Å²) in [5.74, 6) is -1.81. The highest BCUT2D eigenvalue weighted by atomic mass is 32.2. The van der Waals surface area contributed by atoms with Crippen LogP contribution in [-0.4, -0.2) is 19.7 Å². The van der Waals surface area contributed by atoms with Crippen LogP contribution in [0, 0.1) is 11.6 Å². The van der Waals surface area contributed by atoms with Crippen LogP contribution in [0.2, 0.25) is 0 Å². The summed E-state index contributed by atoms with van der Waals surface area (Å²) in [5, 5.41) is 3.02. The molecule has 0 spiro atoms. The van der Waals surface area contributed by atoms with Crippen molar-refractivity contribution >= 4 is 15.5 Å². The van der Waals surface area contributed by atoms with Crippen molar-refractivity contribution in [2.24, 2.45) is 0 Å². The van der Waals surface area contributed by atoms with Gasteiger partial charge < -0.3 is 5.32 Å². The number of pyridine rings is 1. The largest absolute Gasteiger partial charge is 0.377 e. The van der Waals surface area contributed by atoms with Crippen LogP contribution in [0.25, 0.3) is 0 Å². The van der Waals surface area contributed by atoms with Crippen LogP contribution in [0.5, 0.6) is 0 Å². The van der Waals surface area contributed by atoms with Crippen molar-refractivity contribution in [3.05, 3.63) is 53.7 Å². The molecule has 0 aliphatic rings. The van der Waals surface area contributed by atoms with Crippen LogP contribution in [0.3, 0.4) is 0 Å². The molecule has 1 heterocycles. The van der Waals surface area contributed by atoms with Crippen LogP contribution in [-0.2, 0) is 9.84 Å². The SMILES string of the molecule is CC(Nc1ccc(S(C)(=O)=O)nc1)c1ccc(F)c(F)c1. The quantitative estimate of drug-likeness (QED) is 0.943. The monoisotopic (exact) mass is 312 g/mol. The lowest BCUT2D eigenvalue weighted by Gasteiger charge is -2.15. The fraction of sp³-hybridized carbons (Fsp3) is 0.214. The first-order chi connectivity index (χ1) is 9.77. The summed E-state index contributed by atoms with van der Waals surface area (Å²) >= 11 is 0. The van der Waals surface area contributed by atoms with Crippen molar-refractivity contribution in [2.75, 3.05) is 11.6 Å². The van der Waals surface area contributed by atoms with Crippen molar-refractivity contribution in [3.63, 3.8) is 0 Å². The van der Waals surface area contributed by atoms with Gasteiger partial charge in [-0.05, 0) is 36.8 Å². The predicted octanol–water partition coefficient (Wildman–Crippen LogP) is 2.94. The molecule has 0 saturated carbocycles. The molecule has 2 rings (SSSR count). The molecular weight excluding hydrogens is 298 g/mol. The Morgan fingerprint density at radius 2 is 1.86 bits per heavy atom. The second-order valence-corrected chi connectivity index (χ2v) is 6.66. The molecule has 1 aromatic heterocycles. The predicted molar refractivity (Wildman–Crippen MR) is 75.7 cm³/mol. The third-order valence-electron chi connectivity index (χ3n) is 2.94. The van der Waals surface area contributed by atoms with E-state index in [-0.39, 0.29) is 11.1 Å². The Morgan fingerprint density at radius 3 is 2.38 bits per heavy atom. The van der Waals surface area contributed by atoms with E-state index in [1.54, 1.807) is 13.0 Å². The lowest BCUT2D eigenvalue weighted by Crippen LogP contribution is -2.08. The highest BCUT2D eigenvalue weighted by Crippen LogP contribution is 2.21. The number of hydrogen-bond acceptors (Lipinski definition) is 4. The molecule has 1 aromatic carbocycles. The van der Waals surface area contributed by atoms with E-state index in [1.165, 1.54) is 18.3 Å². The highest BCUT2D eigenvalue weighted by Gasteiger charge is 2.11. The van der Waals surface area contributed by atoms with Gasteiger partial charge >= 0.3 is 0 Å². The van der Waals surface area contributed by atoms with E-state index in [4.69, 9.17) is 0 Å². The van der Waals surface area contributed by atoms with E-state index >= 15 is 0 Å². The van der Waals surface area contributed by atoms with Gasteiger partial charge in [0.2, 0.25) is 0 Å². The fourth-order valence-electron chi connectivity index (χ4n) is 1.80. The van der Waals surface area contributed by atoms with Gasteiger partial charge in [-0.15, -0.1) is 0 Å². The van der Waals surface area contributed by atoms with Crippen molar-refractivity contribution in [1.29, 1.82) is 0 Å². The molecule has 0 fully saturated rings. The van der Waals surface area contributed by atoms with E-state index in [0.717, 1.165) is 18.4 Å². The standard InChI is InChI=1S/C14H14F2N2O2S/c1-9(10-3-5-12(15)13(16)7-10)18-11-4-6-14(17-8-11)21(2,19)20/h3-9,18H,1-2H3. The lowest BCUT2D eigenvalue weighted by molar-refractivity contribution is 0.506. The van der Waals surface area contributed by atoms with Gasteiger partial charge in [-0.1, -0.05) is 6.07 Å². The van der Waals surface area contributed by atoms with Crippen molar-refractivity contribution in [1.82, 2.24) is 4.98 Å². The zero-order valence-electron chi connectivity index (χ0n) is 11.5. The number of nitrogens with one attached hydrogen (secondary N) is 1. The number of sulfone groups is 1. The number of nitrogens with zero attached hydrogens (tertiary/aromatic N) is 1. The first-order valence-electron chi connectivity index (χ1n) is 6.15. The average Bonchev–Trinajstić information content (AvgIpc) is 2.41. The van der Waals surface area contributed by atoms with Crippen LogP contribution in [0.1, 0.15) is 18.5 Å². The Kier molecular flexibility index (Phi) is 4.22. The summed E-state index contributed by atoms with van der Waals surface area (Å²) in [4.78, 5) is 3.84. The first-order valence-corrected chi connectivity index (χ1v) is 8.04. The van der Waals surface area contributed by atoms with Crippen molar-refractivity contribution in [2.45, 2.75) is 18.0 Å². The van der Waals surface area contributed by atoms with Gasteiger partial charge in [0.05, 0.1) is 11.9 Å². The van der Waals surface area contributed by atoms with E-state index in [0.29, 0.717) is 11.3 Å². The number of benzene rings is 1. The summed E-state index contributed by atoms with van der Waals surface area (Å²) in [6.45, 7) is 1.77. The summed E-state index contributed by atoms with van der Waals surface area (Å²) in [7, 11) is -3.34. The molecule has 7 heteroatoms. The molecule has 0 bridgehead atoms. The van der Waals surface area contributed by atoms with Crippen LogP contribution in [0.15, 0.2) is 41.6 Å². The molecule has 21 heavy (non-hydrogen) atoms. The first kappa shape index (κ1) is 15.4. The molecule has 0 amide bonds. The molecule has 0 radical (unpaired) electrons. The Labute approximate surface area is 121 Å². The summed E-state index contributed by atoms with van der Waals surface area (Å²) in [6, 6.07) is 6.33. The normalized spacial score (nSPS) is 13.0. The van der Waals surface area contributed by atoms with Gasteiger partial charge in [0, 0.05) is 12.3 Å². The molecule has 112 valence electrons. The van der Waals surface area contributed by atoms with E-state index in [2.05, 4.69) is 10.3 Å². The van der Waals surface area contributed by atoms with E-state index in [9.17, 15) is 17.2 Å². The molecule has 0 saturated heterocycles. The van der Waals surface area contributed by atoms with Gasteiger partial charge in [0.15, 0.2) is 26.5 Å². The molecule has 0 aliphatic heterocycles. The number of halogens is 2. The summed E-state index contributed by atoms with van der Waals surface area (Å²) in [5.41, 5.74) is 1.15. The fourth-order valence-corrected chi connectivity index (χ4v) is 2.36. The maximum absolute atomic E-state index is 13.2. The minimum absolute atomic E-state index is 0.0199. The summed E-state index contributed by atoms with van der Waals surface area (Å²) < 4.78 is 48.7. The van der Waals surface area contributed by atoms with Crippen molar-refractivity contribution in [3.8, 4) is 0 Å². The molecule has 4 nitrogen and oxygen atoms in total. The third-order valence-corrected chi connectivity index (χ3v) is 3.94. The Bertz CT molecular complexity index is 746. The lowest BCUT2D eigenvalue weighted by atomic mass is 10.1. The van der Waals surface area contributed by atoms with E-state index in [1.807, 2.05) is 0 Å². The minimum Gasteiger partial charge on any atom is -0.377 e. The Balaban J connectivity index is 2.15. The van der Waals surface area contributed by atoms with Gasteiger partial charge in [-0.2, -0.15) is 0 Å². The number of rotatable bonds is 4. The zero-order chi connectivity index (χ0) is 15.6. The minimum atomic E-state index is -3.34. The molecule has 2 aromatic rings. The maximum Gasteiger partial charge on any atom is 0.192 e. The zero-order valence-corrected chi connectivity index (χ0v) is 12.3. The topological polar surface area (TPSA) is 59.1 Å². The molecule has 0 aliphatic carbocycles. The molecular formula is C14H14F2N2O2S. The molecule has 1 N–H and O–H groups in total. The Hall–Kier alpha value is -2.02. The maximum atomic E-state index is 13.2. The number of anilines is 1.